The lowest BCUT2D eigenvalue weighted by Gasteiger charge is -2.41. The number of hydrogen-bond donors (Lipinski definition) is 2. The number of carbonyl (C=O) groups is 4. The van der Waals surface area contributed by atoms with Crippen LogP contribution in [0.3, 0.4) is 0 Å². The Morgan fingerprint density at radius 1 is 0.823 bits per heavy atom. The summed E-state index contributed by atoms with van der Waals surface area (Å²) in [5.41, 5.74) is 11.4. The lowest BCUT2D eigenvalue weighted by atomic mass is 9.95. The summed E-state index contributed by atoms with van der Waals surface area (Å²) in [7, 11) is 0. The number of nitrogen functional groups attached to an aromatic ring is 1. The molecule has 3 N–H and O–H groups in total. The molecule has 62 heavy (non-hydrogen) atoms. The Kier molecular flexibility index (Phi) is 10.7. The molecule has 5 aromatic rings. The van der Waals surface area contributed by atoms with Crippen molar-refractivity contribution in [3.8, 4) is 22.8 Å². The monoisotopic (exact) mass is 837 g/mol. The third-order valence-corrected chi connectivity index (χ3v) is 13.3. The highest BCUT2D eigenvalue weighted by molar-refractivity contribution is 6.05. The zero-order valence-corrected chi connectivity index (χ0v) is 34.7. The first-order valence-corrected chi connectivity index (χ1v) is 21.9. The first-order valence-electron chi connectivity index (χ1n) is 21.9. The molecule has 3 aromatic carbocycles. The van der Waals surface area contributed by atoms with Gasteiger partial charge < -0.3 is 30.1 Å². The smallest absolute Gasteiger partial charge is 0.320 e. The number of amides is 5. The van der Waals surface area contributed by atoms with Crippen molar-refractivity contribution in [3.63, 3.8) is 0 Å². The molecule has 2 aromatic heterocycles. The summed E-state index contributed by atoms with van der Waals surface area (Å²) in [5, 5.41) is 8.17. The number of imide groups is 1. The van der Waals surface area contributed by atoms with Crippen LogP contribution in [-0.4, -0.2) is 128 Å². The number of rotatable bonds is 8. The maximum absolute atomic E-state index is 14.0. The zero-order valence-electron chi connectivity index (χ0n) is 34.7. The highest BCUT2D eigenvalue weighted by Gasteiger charge is 2.40. The molecule has 0 bridgehead atoms. The molecule has 2 atom stereocenters. The van der Waals surface area contributed by atoms with Crippen molar-refractivity contribution in [1.29, 1.82) is 0 Å². The number of para-hydroxylation sites is 1. The van der Waals surface area contributed by atoms with Gasteiger partial charge in [0.2, 0.25) is 11.8 Å². The van der Waals surface area contributed by atoms with Gasteiger partial charge in [0.15, 0.2) is 5.65 Å². The van der Waals surface area contributed by atoms with E-state index >= 15 is 0 Å². The van der Waals surface area contributed by atoms with E-state index in [4.69, 9.17) is 15.6 Å². The first kappa shape index (κ1) is 39.6. The molecule has 10 rings (SSSR count). The molecule has 16 nitrogen and oxygen atoms in total. The van der Waals surface area contributed by atoms with Crippen molar-refractivity contribution in [2.45, 2.75) is 57.2 Å². The van der Waals surface area contributed by atoms with Crippen LogP contribution < -0.4 is 20.7 Å². The van der Waals surface area contributed by atoms with E-state index in [9.17, 15) is 19.2 Å². The Labute approximate surface area is 359 Å². The van der Waals surface area contributed by atoms with Crippen molar-refractivity contribution >= 4 is 46.3 Å². The molecule has 0 saturated carbocycles. The zero-order chi connectivity index (χ0) is 42.3. The number of nitrogens with two attached hydrogens (primary N) is 1. The van der Waals surface area contributed by atoms with Crippen molar-refractivity contribution in [3.05, 3.63) is 90.3 Å². The van der Waals surface area contributed by atoms with Crippen molar-refractivity contribution < 1.29 is 23.9 Å². The average molecular weight is 838 g/mol. The normalized spacial score (nSPS) is 21.4. The van der Waals surface area contributed by atoms with E-state index in [0.29, 0.717) is 78.9 Å². The standard InChI is InChI=1S/C46H51N11O5/c47-42-40-41(31-8-11-36(12-9-31)62-35-6-2-1-3-7-35)51-57(43(40)49-29-48-42)34-5-4-18-55(28-34)46(61)54-23-21-52(22-24-54)26-30-16-19-53(20-17-30)33-10-13-37-32(25-33)27-56(45(37)60)38-14-15-39(58)50-44(38)59/h1-3,6-13,25,29-30,34,38H,4-5,14-24,26-28H2,(H2,47,48,49)(H,50,58,59). The molecule has 0 radical (unpaired) electrons. The number of carbonyl (C=O) groups excluding carboxylic acids is 4. The molecule has 0 spiro atoms. The van der Waals surface area contributed by atoms with E-state index in [-0.39, 0.29) is 36.2 Å². The molecule has 5 aliphatic rings. The highest BCUT2D eigenvalue weighted by atomic mass is 16.5. The lowest BCUT2D eigenvalue weighted by molar-refractivity contribution is -0.136. The minimum absolute atomic E-state index is 0.0575. The van der Waals surface area contributed by atoms with E-state index in [1.807, 2.05) is 81.2 Å². The average Bonchev–Trinajstić information content (AvgIpc) is 3.85. The summed E-state index contributed by atoms with van der Waals surface area (Å²) >= 11 is 0. The number of nitrogens with zero attached hydrogens (tertiary/aromatic N) is 9. The van der Waals surface area contributed by atoms with Crippen LogP contribution in [0.4, 0.5) is 16.3 Å². The number of ether oxygens (including phenoxy) is 1. The second kappa shape index (κ2) is 16.7. The second-order valence-corrected chi connectivity index (χ2v) is 17.2. The summed E-state index contributed by atoms with van der Waals surface area (Å²) in [4.78, 5) is 70.8. The maximum atomic E-state index is 14.0. The van der Waals surface area contributed by atoms with E-state index < -0.39 is 6.04 Å². The predicted molar refractivity (Wildman–Crippen MR) is 232 cm³/mol. The molecular formula is C46H51N11O5. The number of piperazine rings is 1. The molecule has 4 fully saturated rings. The van der Waals surface area contributed by atoms with Gasteiger partial charge in [0, 0.05) is 88.7 Å². The molecule has 16 heteroatoms. The predicted octanol–water partition coefficient (Wildman–Crippen LogP) is 4.92. The number of fused-ring (bicyclic) bond motifs is 2. The van der Waals surface area contributed by atoms with Gasteiger partial charge in [0.05, 0.1) is 11.4 Å². The van der Waals surface area contributed by atoms with Gasteiger partial charge in [-0.1, -0.05) is 18.2 Å². The Hall–Kier alpha value is -6.55. The molecule has 4 saturated heterocycles. The molecule has 5 aliphatic heterocycles. The van der Waals surface area contributed by atoms with Gasteiger partial charge in [0.1, 0.15) is 35.4 Å². The molecular weight excluding hydrogens is 787 g/mol. The van der Waals surface area contributed by atoms with Crippen molar-refractivity contribution in [2.75, 3.05) is 69.5 Å². The third kappa shape index (κ3) is 7.78. The maximum Gasteiger partial charge on any atom is 0.320 e. The highest BCUT2D eigenvalue weighted by Crippen LogP contribution is 2.36. The van der Waals surface area contributed by atoms with Gasteiger partial charge in [-0.25, -0.2) is 19.4 Å². The van der Waals surface area contributed by atoms with Gasteiger partial charge in [0.25, 0.3) is 5.91 Å². The summed E-state index contributed by atoms with van der Waals surface area (Å²) < 4.78 is 7.96. The van der Waals surface area contributed by atoms with Crippen LogP contribution in [0.15, 0.2) is 79.1 Å². The Morgan fingerprint density at radius 3 is 2.37 bits per heavy atom. The van der Waals surface area contributed by atoms with E-state index in [1.165, 1.54) is 6.33 Å². The molecule has 2 unspecified atom stereocenters. The van der Waals surface area contributed by atoms with Gasteiger partial charge in [-0.15, -0.1) is 0 Å². The first-order chi connectivity index (χ1) is 30.3. The fraction of sp³-hybridized carbons (Fsp3) is 0.413. The van der Waals surface area contributed by atoms with Crippen LogP contribution in [0.5, 0.6) is 11.5 Å². The number of benzene rings is 3. The van der Waals surface area contributed by atoms with Crippen LogP contribution in [-0.2, 0) is 16.1 Å². The number of aromatic nitrogens is 4. The quantitative estimate of drug-likeness (QED) is 0.203. The van der Waals surface area contributed by atoms with Gasteiger partial charge >= 0.3 is 6.03 Å². The molecule has 0 aliphatic carbocycles. The van der Waals surface area contributed by atoms with Crippen LogP contribution in [0.25, 0.3) is 22.3 Å². The number of piperidine rings is 3. The third-order valence-electron chi connectivity index (χ3n) is 13.3. The van der Waals surface area contributed by atoms with Crippen LogP contribution in [0, 0.1) is 5.92 Å². The Bertz CT molecular complexity index is 2500. The summed E-state index contributed by atoms with van der Waals surface area (Å²) in [6, 6.07) is 22.9. The number of nitrogens with one attached hydrogen (secondary N) is 1. The van der Waals surface area contributed by atoms with E-state index in [1.54, 1.807) is 4.90 Å². The Morgan fingerprint density at radius 2 is 1.60 bits per heavy atom. The number of hydrogen-bond acceptors (Lipinski definition) is 11. The fourth-order valence-corrected chi connectivity index (χ4v) is 9.90. The molecule has 320 valence electrons. The summed E-state index contributed by atoms with van der Waals surface area (Å²) in [6.45, 7) is 7.62. The summed E-state index contributed by atoms with van der Waals surface area (Å²) in [6.07, 6.45) is 5.96. The van der Waals surface area contributed by atoms with Crippen molar-refractivity contribution in [2.24, 2.45) is 5.92 Å². The van der Waals surface area contributed by atoms with E-state index in [0.717, 1.165) is 81.0 Å². The minimum Gasteiger partial charge on any atom is -0.457 e. The van der Waals surface area contributed by atoms with Crippen LogP contribution in [0.2, 0.25) is 0 Å². The van der Waals surface area contributed by atoms with Crippen LogP contribution >= 0.6 is 0 Å². The Balaban J connectivity index is 0.719. The largest absolute Gasteiger partial charge is 0.457 e. The van der Waals surface area contributed by atoms with Gasteiger partial charge in [-0.2, -0.15) is 5.10 Å². The summed E-state index contributed by atoms with van der Waals surface area (Å²) in [5.74, 6) is 1.60. The van der Waals surface area contributed by atoms with Crippen LogP contribution in [0.1, 0.15) is 60.5 Å². The van der Waals surface area contributed by atoms with Gasteiger partial charge in [-0.3, -0.25) is 24.6 Å². The second-order valence-electron chi connectivity index (χ2n) is 17.2. The van der Waals surface area contributed by atoms with Gasteiger partial charge in [-0.05, 0) is 98.2 Å². The molecule has 7 heterocycles. The van der Waals surface area contributed by atoms with E-state index in [2.05, 4.69) is 31.2 Å². The number of likely N-dealkylation sites (tertiary alicyclic amines) is 1. The minimum atomic E-state index is -0.610. The van der Waals surface area contributed by atoms with Crippen molar-refractivity contribution in [1.82, 2.24) is 44.7 Å². The number of anilines is 2. The fourth-order valence-electron chi connectivity index (χ4n) is 9.90. The molecule has 5 amide bonds. The lowest BCUT2D eigenvalue weighted by Crippen LogP contribution is -2.55. The topological polar surface area (TPSA) is 175 Å². The SMILES string of the molecule is Nc1ncnc2c1c(-c1ccc(Oc3ccccc3)cc1)nn2C1CCCN(C(=O)N2CCN(CC3CCN(c4ccc5c(c4)CN(C4CCC(=O)NC4=O)C5=O)CC3)CC2)C1. The number of urea groups is 1.